The zero-order chi connectivity index (χ0) is 20.6. The molecule has 0 unspecified atom stereocenters. The molecule has 5 nitrogen and oxygen atoms in total. The first-order valence-electron chi connectivity index (χ1n) is 8.56. The molecule has 2 atom stereocenters. The number of esters is 2. The molecule has 3 rings (SSSR count). The van der Waals surface area contributed by atoms with Gasteiger partial charge in [-0.15, -0.1) is 0 Å². The van der Waals surface area contributed by atoms with Gasteiger partial charge in [-0.25, -0.2) is 27.2 Å². The van der Waals surface area contributed by atoms with Gasteiger partial charge in [-0.2, -0.15) is 0 Å². The van der Waals surface area contributed by atoms with Crippen molar-refractivity contribution in [1.29, 1.82) is 0 Å². The summed E-state index contributed by atoms with van der Waals surface area (Å²) in [5.41, 5.74) is -1.98. The van der Waals surface area contributed by atoms with Gasteiger partial charge in [-0.05, 0) is 25.5 Å². The van der Waals surface area contributed by atoms with Gasteiger partial charge in [-0.3, -0.25) is 0 Å². The molecule has 0 aromatic heterocycles. The number of dihydropyridines is 1. The summed E-state index contributed by atoms with van der Waals surface area (Å²) < 4.78 is 65.8. The number of hydrogen-bond donors (Lipinski definition) is 1. The molecule has 0 radical (unpaired) electrons. The lowest BCUT2D eigenvalue weighted by Gasteiger charge is -2.30. The normalized spacial score (nSPS) is 20.1. The summed E-state index contributed by atoms with van der Waals surface area (Å²) >= 11 is 0. The Hall–Kier alpha value is -2.84. The standard InChI is InChI=1S/C19H17F4NO4/c1-3-27-19(26)15-13(9-5-4-6-10(21)12(9)8(2)20)14-11(7-28-18(14)25)24-16(15)17(22)23/h4-6,8,13,17,24H,3,7H2,1-2H3/t8-,13-/m1/s1. The molecule has 0 saturated heterocycles. The Morgan fingerprint density at radius 3 is 2.68 bits per heavy atom. The monoisotopic (exact) mass is 399 g/mol. The summed E-state index contributed by atoms with van der Waals surface area (Å²) in [5, 5.41) is 2.37. The molecule has 0 bridgehead atoms. The minimum Gasteiger partial charge on any atom is -0.463 e. The summed E-state index contributed by atoms with van der Waals surface area (Å²) in [5.74, 6) is -4.33. The average molecular weight is 399 g/mol. The molecule has 1 aromatic rings. The zero-order valence-corrected chi connectivity index (χ0v) is 15.0. The second-order valence-corrected chi connectivity index (χ2v) is 6.23. The summed E-state index contributed by atoms with van der Waals surface area (Å²) in [6, 6.07) is 3.56. The number of carbonyl (C=O) groups is 2. The van der Waals surface area contributed by atoms with E-state index in [0.29, 0.717) is 0 Å². The molecule has 0 aliphatic carbocycles. The van der Waals surface area contributed by atoms with Crippen LogP contribution in [0.3, 0.4) is 0 Å². The van der Waals surface area contributed by atoms with E-state index in [9.17, 15) is 27.2 Å². The van der Waals surface area contributed by atoms with E-state index in [2.05, 4.69) is 5.32 Å². The lowest BCUT2D eigenvalue weighted by atomic mass is 9.78. The van der Waals surface area contributed by atoms with Crippen molar-refractivity contribution in [2.24, 2.45) is 0 Å². The maximum Gasteiger partial charge on any atom is 0.337 e. The van der Waals surface area contributed by atoms with Crippen LogP contribution in [0.25, 0.3) is 0 Å². The molecule has 0 saturated carbocycles. The predicted octanol–water partition coefficient (Wildman–Crippen LogP) is 3.44. The number of hydrogen-bond acceptors (Lipinski definition) is 5. The van der Waals surface area contributed by atoms with Gasteiger partial charge in [0.05, 0.1) is 35.1 Å². The molecule has 0 amide bonds. The van der Waals surface area contributed by atoms with Crippen LogP contribution >= 0.6 is 0 Å². The largest absolute Gasteiger partial charge is 0.463 e. The van der Waals surface area contributed by atoms with Gasteiger partial charge >= 0.3 is 11.9 Å². The molecular weight excluding hydrogens is 382 g/mol. The van der Waals surface area contributed by atoms with Crippen molar-refractivity contribution in [3.8, 4) is 0 Å². The highest BCUT2D eigenvalue weighted by Crippen LogP contribution is 2.45. The van der Waals surface area contributed by atoms with E-state index < -0.39 is 53.1 Å². The topological polar surface area (TPSA) is 64.6 Å². The lowest BCUT2D eigenvalue weighted by molar-refractivity contribution is -0.139. The number of alkyl halides is 3. The summed E-state index contributed by atoms with van der Waals surface area (Å²) in [4.78, 5) is 24.8. The quantitative estimate of drug-likeness (QED) is 0.607. The van der Waals surface area contributed by atoms with E-state index in [1.165, 1.54) is 19.1 Å². The molecule has 1 aromatic carbocycles. The smallest absolute Gasteiger partial charge is 0.337 e. The fourth-order valence-electron chi connectivity index (χ4n) is 3.49. The van der Waals surface area contributed by atoms with Crippen LogP contribution in [-0.2, 0) is 19.1 Å². The Labute approximate surface area is 158 Å². The Kier molecular flexibility index (Phi) is 5.44. The fourth-order valence-corrected chi connectivity index (χ4v) is 3.49. The van der Waals surface area contributed by atoms with E-state index >= 15 is 0 Å². The van der Waals surface area contributed by atoms with Crippen LogP contribution in [0, 0.1) is 5.82 Å². The molecular formula is C19H17F4NO4. The van der Waals surface area contributed by atoms with Crippen molar-refractivity contribution >= 4 is 11.9 Å². The maximum atomic E-state index is 14.4. The molecule has 2 heterocycles. The van der Waals surface area contributed by atoms with Crippen LogP contribution in [0.2, 0.25) is 0 Å². The Morgan fingerprint density at radius 2 is 2.07 bits per heavy atom. The van der Waals surface area contributed by atoms with Crippen molar-refractivity contribution in [1.82, 2.24) is 5.32 Å². The van der Waals surface area contributed by atoms with Crippen LogP contribution in [0.15, 0.2) is 40.7 Å². The van der Waals surface area contributed by atoms with Crippen molar-refractivity contribution < 1.29 is 36.6 Å². The predicted molar refractivity (Wildman–Crippen MR) is 89.4 cm³/mol. The third kappa shape index (κ3) is 3.25. The van der Waals surface area contributed by atoms with Gasteiger partial charge in [-0.1, -0.05) is 12.1 Å². The SMILES string of the molecule is CCOC(=O)C1=C(C(F)F)NC2=C(C(=O)OC2)[C@H]1c1cccc(F)c1[C@@H](C)F. The van der Waals surface area contributed by atoms with Crippen molar-refractivity contribution in [2.45, 2.75) is 32.4 Å². The van der Waals surface area contributed by atoms with Gasteiger partial charge in [0.2, 0.25) is 0 Å². The van der Waals surface area contributed by atoms with Gasteiger partial charge < -0.3 is 14.8 Å². The second-order valence-electron chi connectivity index (χ2n) is 6.23. The first-order valence-corrected chi connectivity index (χ1v) is 8.56. The van der Waals surface area contributed by atoms with Crippen molar-refractivity contribution in [3.63, 3.8) is 0 Å². The molecule has 0 spiro atoms. The van der Waals surface area contributed by atoms with Crippen molar-refractivity contribution in [3.05, 3.63) is 57.7 Å². The number of ether oxygens (including phenoxy) is 2. The van der Waals surface area contributed by atoms with Gasteiger partial charge in [0.15, 0.2) is 0 Å². The van der Waals surface area contributed by atoms with Crippen LogP contribution in [0.5, 0.6) is 0 Å². The number of halogens is 4. The highest BCUT2D eigenvalue weighted by Gasteiger charge is 2.45. The molecule has 2 aliphatic heterocycles. The highest BCUT2D eigenvalue weighted by atomic mass is 19.3. The fraction of sp³-hybridized carbons (Fsp3) is 0.368. The molecule has 1 N–H and O–H groups in total. The van der Waals surface area contributed by atoms with E-state index in [0.717, 1.165) is 13.0 Å². The van der Waals surface area contributed by atoms with Crippen LogP contribution < -0.4 is 5.32 Å². The molecule has 150 valence electrons. The van der Waals surface area contributed by atoms with E-state index in [1.807, 2.05) is 0 Å². The van der Waals surface area contributed by atoms with Crippen LogP contribution in [0.1, 0.15) is 37.1 Å². The van der Waals surface area contributed by atoms with E-state index in [-0.39, 0.29) is 30.0 Å². The van der Waals surface area contributed by atoms with Crippen molar-refractivity contribution in [2.75, 3.05) is 13.2 Å². The number of allylic oxidation sites excluding steroid dienone is 1. The lowest BCUT2D eigenvalue weighted by Crippen LogP contribution is -2.34. The summed E-state index contributed by atoms with van der Waals surface area (Å²) in [6.07, 6.45) is -4.93. The molecule has 28 heavy (non-hydrogen) atoms. The average Bonchev–Trinajstić information content (AvgIpc) is 3.00. The Balaban J connectivity index is 2.32. The third-order valence-corrected chi connectivity index (χ3v) is 4.55. The molecule has 9 heteroatoms. The number of carbonyl (C=O) groups excluding carboxylic acids is 2. The minimum absolute atomic E-state index is 0.0278. The number of benzene rings is 1. The van der Waals surface area contributed by atoms with E-state index in [1.54, 1.807) is 0 Å². The first-order chi connectivity index (χ1) is 13.3. The maximum absolute atomic E-state index is 14.4. The summed E-state index contributed by atoms with van der Waals surface area (Å²) in [7, 11) is 0. The summed E-state index contributed by atoms with van der Waals surface area (Å²) in [6.45, 7) is 2.13. The third-order valence-electron chi connectivity index (χ3n) is 4.55. The number of cyclic esters (lactones) is 1. The first kappa shape index (κ1) is 19.9. The second kappa shape index (κ2) is 7.65. The Bertz CT molecular complexity index is 892. The van der Waals surface area contributed by atoms with Gasteiger partial charge in [0.25, 0.3) is 6.43 Å². The van der Waals surface area contributed by atoms with Gasteiger partial charge in [0, 0.05) is 5.56 Å². The minimum atomic E-state index is -3.12. The molecule has 2 aliphatic rings. The highest BCUT2D eigenvalue weighted by molar-refractivity contribution is 6.01. The zero-order valence-electron chi connectivity index (χ0n) is 15.0. The molecule has 0 fully saturated rings. The Morgan fingerprint density at radius 1 is 1.36 bits per heavy atom. The number of rotatable bonds is 5. The van der Waals surface area contributed by atoms with E-state index in [4.69, 9.17) is 9.47 Å². The van der Waals surface area contributed by atoms with Crippen LogP contribution in [-0.4, -0.2) is 31.6 Å². The number of nitrogens with one attached hydrogen (secondary N) is 1. The van der Waals surface area contributed by atoms with Crippen LogP contribution in [0.4, 0.5) is 17.6 Å². The van der Waals surface area contributed by atoms with Gasteiger partial charge in [0.1, 0.15) is 18.6 Å².